The highest BCUT2D eigenvalue weighted by atomic mass is 79.9. The Morgan fingerprint density at radius 3 is 2.37 bits per heavy atom. The SMILES string of the molecule is CCOc1cc(N2CCC(N3CCN(C(=O)[C@@H]4CCN(c5cccc6c5oc(=O)n6C5CCC(=O)NC5=O)C4)CC3)CC2)c(CC)cc1Nc1ncc(Br)c(Nc2ccc3nc(CC)ccc3c2P(C)(C)=O)n1. The smallest absolute Gasteiger partial charge is 0.420 e. The molecule has 73 heavy (non-hydrogen) atoms. The molecule has 7 heterocycles. The molecule has 4 fully saturated rings. The average Bonchev–Trinajstić information content (AvgIpc) is 4.02. The number of para-hydroxylation sites is 1. The Morgan fingerprint density at radius 1 is 0.863 bits per heavy atom. The van der Waals surface area contributed by atoms with Crippen LogP contribution in [0.2, 0.25) is 0 Å². The number of piperazine rings is 1. The summed E-state index contributed by atoms with van der Waals surface area (Å²) in [5.74, 6) is 0.107. The van der Waals surface area contributed by atoms with E-state index in [1.165, 1.54) is 10.1 Å². The van der Waals surface area contributed by atoms with Crippen molar-refractivity contribution in [1.82, 2.24) is 34.6 Å². The number of rotatable bonds is 14. The molecule has 6 aromatic rings. The summed E-state index contributed by atoms with van der Waals surface area (Å²) in [4.78, 5) is 75.0. The lowest BCUT2D eigenvalue weighted by molar-refractivity contribution is -0.137. The number of benzene rings is 3. The van der Waals surface area contributed by atoms with Crippen molar-refractivity contribution in [2.24, 2.45) is 5.92 Å². The van der Waals surface area contributed by atoms with Gasteiger partial charge in [-0.25, -0.2) is 9.78 Å². The monoisotopic (exact) mass is 1080 g/mol. The Labute approximate surface area is 432 Å². The first-order valence-electron chi connectivity index (χ1n) is 25.6. The van der Waals surface area contributed by atoms with Gasteiger partial charge in [-0.15, -0.1) is 0 Å². The number of ether oxygens (including phenoxy) is 1. The van der Waals surface area contributed by atoms with Crippen molar-refractivity contribution < 1.29 is 28.1 Å². The van der Waals surface area contributed by atoms with Gasteiger partial charge in [0.25, 0.3) is 0 Å². The Morgan fingerprint density at radius 2 is 1.64 bits per heavy atom. The fourth-order valence-corrected chi connectivity index (χ4v) is 12.9. The van der Waals surface area contributed by atoms with Gasteiger partial charge in [-0.2, -0.15) is 4.98 Å². The molecule has 10 rings (SSSR count). The number of amides is 3. The third-order valence-electron chi connectivity index (χ3n) is 14.9. The summed E-state index contributed by atoms with van der Waals surface area (Å²) in [6.07, 6.45) is 6.42. The molecule has 0 aliphatic carbocycles. The molecule has 20 heteroatoms. The fourth-order valence-electron chi connectivity index (χ4n) is 11.2. The van der Waals surface area contributed by atoms with Crippen LogP contribution in [0.15, 0.2) is 74.5 Å². The second kappa shape index (κ2) is 20.9. The number of aryl methyl sites for hydroxylation is 2. The van der Waals surface area contributed by atoms with E-state index in [9.17, 15) is 23.7 Å². The summed E-state index contributed by atoms with van der Waals surface area (Å²) in [6.45, 7) is 16.2. The molecule has 4 aliphatic heterocycles. The quantitative estimate of drug-likeness (QED) is 0.0712. The van der Waals surface area contributed by atoms with Gasteiger partial charge in [0.2, 0.25) is 23.7 Å². The zero-order valence-corrected chi connectivity index (χ0v) is 44.6. The predicted molar refractivity (Wildman–Crippen MR) is 289 cm³/mol. The van der Waals surface area contributed by atoms with Crippen molar-refractivity contribution in [3.8, 4) is 5.75 Å². The normalized spacial score (nSPS) is 19.2. The fraction of sp³-hybridized carbons (Fsp3) is 0.453. The van der Waals surface area contributed by atoms with E-state index in [0.717, 1.165) is 90.8 Å². The average molecular weight is 1080 g/mol. The molecule has 4 saturated heterocycles. The second-order valence-electron chi connectivity index (χ2n) is 19.8. The van der Waals surface area contributed by atoms with Crippen molar-refractivity contribution >= 4 is 103 Å². The summed E-state index contributed by atoms with van der Waals surface area (Å²) in [5.41, 5.74) is 7.22. The van der Waals surface area contributed by atoms with E-state index in [1.807, 2.05) is 48.2 Å². The molecule has 3 aromatic carbocycles. The van der Waals surface area contributed by atoms with Gasteiger partial charge in [0, 0.05) is 99.2 Å². The van der Waals surface area contributed by atoms with E-state index < -0.39 is 24.8 Å². The molecule has 3 N–H and O–H groups in total. The maximum atomic E-state index is 14.0. The molecular formula is C53H63BrN11O7P. The molecule has 0 bridgehead atoms. The predicted octanol–water partition coefficient (Wildman–Crippen LogP) is 7.57. The van der Waals surface area contributed by atoms with Gasteiger partial charge < -0.3 is 39.1 Å². The van der Waals surface area contributed by atoms with Gasteiger partial charge in [-0.3, -0.25) is 34.2 Å². The van der Waals surface area contributed by atoms with Crippen LogP contribution in [0.3, 0.4) is 0 Å². The summed E-state index contributed by atoms with van der Waals surface area (Å²) in [7, 11) is -2.76. The molecule has 18 nitrogen and oxygen atoms in total. The summed E-state index contributed by atoms with van der Waals surface area (Å²) in [5, 5.41) is 10.8. The van der Waals surface area contributed by atoms with Crippen molar-refractivity contribution in [3.05, 3.63) is 87.1 Å². The van der Waals surface area contributed by atoms with Crippen LogP contribution in [0.25, 0.3) is 22.0 Å². The number of anilines is 6. The van der Waals surface area contributed by atoms with Crippen LogP contribution in [0, 0.1) is 5.92 Å². The molecule has 1 unspecified atom stereocenters. The third kappa shape index (κ3) is 10.2. The first kappa shape index (κ1) is 50.2. The zero-order chi connectivity index (χ0) is 51.1. The lowest BCUT2D eigenvalue weighted by Crippen LogP contribution is -2.55. The van der Waals surface area contributed by atoms with Crippen LogP contribution in [0.4, 0.5) is 34.5 Å². The minimum atomic E-state index is -2.76. The van der Waals surface area contributed by atoms with Crippen LogP contribution in [-0.4, -0.2) is 125 Å². The molecule has 384 valence electrons. The molecule has 0 saturated carbocycles. The topological polar surface area (TPSA) is 200 Å². The zero-order valence-electron chi connectivity index (χ0n) is 42.1. The second-order valence-corrected chi connectivity index (χ2v) is 23.8. The highest BCUT2D eigenvalue weighted by Crippen LogP contribution is 2.43. The lowest BCUT2D eigenvalue weighted by Gasteiger charge is -2.44. The lowest BCUT2D eigenvalue weighted by atomic mass is 9.99. The van der Waals surface area contributed by atoms with E-state index in [2.05, 4.69) is 77.5 Å². The molecule has 2 atom stereocenters. The summed E-state index contributed by atoms with van der Waals surface area (Å²) < 4.78 is 27.8. The van der Waals surface area contributed by atoms with Crippen molar-refractivity contribution in [2.45, 2.75) is 77.8 Å². The van der Waals surface area contributed by atoms with Crippen LogP contribution < -0.4 is 41.5 Å². The number of nitrogens with zero attached hydrogens (tertiary/aromatic N) is 8. The molecule has 3 amide bonds. The number of carbonyl (C=O) groups is 3. The molecule has 0 spiro atoms. The van der Waals surface area contributed by atoms with E-state index in [0.29, 0.717) is 84.0 Å². The third-order valence-corrected chi connectivity index (χ3v) is 17.0. The van der Waals surface area contributed by atoms with Crippen LogP contribution in [0.5, 0.6) is 5.75 Å². The largest absolute Gasteiger partial charge is 0.492 e. The van der Waals surface area contributed by atoms with E-state index in [4.69, 9.17) is 19.1 Å². The molecule has 0 radical (unpaired) electrons. The summed E-state index contributed by atoms with van der Waals surface area (Å²) in [6, 6.07) is 17.3. The number of pyridine rings is 1. The van der Waals surface area contributed by atoms with Gasteiger partial charge in [-0.05, 0) is 117 Å². The number of oxazole rings is 1. The number of hydrogen-bond acceptors (Lipinski definition) is 15. The number of imide groups is 1. The minimum Gasteiger partial charge on any atom is -0.492 e. The minimum absolute atomic E-state index is 0.149. The molecule has 3 aromatic heterocycles. The van der Waals surface area contributed by atoms with Gasteiger partial charge in [0.05, 0.1) is 45.1 Å². The highest BCUT2D eigenvalue weighted by Gasteiger charge is 2.37. The number of fused-ring (bicyclic) bond motifs is 2. The summed E-state index contributed by atoms with van der Waals surface area (Å²) >= 11 is 3.64. The van der Waals surface area contributed by atoms with Crippen molar-refractivity contribution in [3.63, 3.8) is 0 Å². The van der Waals surface area contributed by atoms with E-state index in [-0.39, 0.29) is 30.6 Å². The number of nitrogens with one attached hydrogen (secondary N) is 3. The number of hydrogen-bond donors (Lipinski definition) is 3. The van der Waals surface area contributed by atoms with E-state index >= 15 is 0 Å². The number of aromatic nitrogens is 4. The number of piperidine rings is 2. The number of halogens is 1. The first-order chi connectivity index (χ1) is 35.2. The van der Waals surface area contributed by atoms with Crippen LogP contribution >= 0.6 is 23.1 Å². The Bertz CT molecular complexity index is 3210. The first-order valence-corrected chi connectivity index (χ1v) is 29.0. The highest BCUT2D eigenvalue weighted by molar-refractivity contribution is 9.10. The maximum Gasteiger partial charge on any atom is 0.420 e. The van der Waals surface area contributed by atoms with Crippen LogP contribution in [0.1, 0.15) is 70.2 Å². The van der Waals surface area contributed by atoms with Crippen molar-refractivity contribution in [2.75, 3.05) is 92.7 Å². The van der Waals surface area contributed by atoms with Gasteiger partial charge in [0.15, 0.2) is 5.58 Å². The van der Waals surface area contributed by atoms with Gasteiger partial charge in [0.1, 0.15) is 24.8 Å². The van der Waals surface area contributed by atoms with Gasteiger partial charge >= 0.3 is 5.76 Å². The standard InChI is InChI=1S/C53H63BrN11O7P/c1-6-32-28-40(58-52-55-30-37(54)49(60-52)57-39-15-14-38-36(48(39)73(4,5)70)13-12-34(7-2)56-38)45(71-8-3)29-44(32)62-22-19-35(20-23-62)61-24-26-63(27-25-61)51(68)33-18-21-64(31-33)41-10-9-11-42-47(41)72-53(69)65(42)43-16-17-46(66)59-50(43)67/h9-15,28-30,33,35,43H,6-8,16-27,31H2,1-5H3,(H,59,66,67)(H2,55,57,58,60)/t33-,43?/m1/s1. The van der Waals surface area contributed by atoms with Crippen LogP contribution in [-0.2, 0) is 31.8 Å². The van der Waals surface area contributed by atoms with Crippen molar-refractivity contribution in [1.29, 1.82) is 0 Å². The molecular weight excluding hydrogens is 1010 g/mol. The Balaban J connectivity index is 0.759. The van der Waals surface area contributed by atoms with E-state index in [1.54, 1.807) is 25.6 Å². The Kier molecular flexibility index (Phi) is 14.4. The Hall–Kier alpha value is -6.30. The maximum absolute atomic E-state index is 14.0. The number of carbonyl (C=O) groups excluding carboxylic acids is 3. The molecule has 4 aliphatic rings. The van der Waals surface area contributed by atoms with Gasteiger partial charge in [-0.1, -0.05) is 26.0 Å².